The maximum Gasteiger partial charge on any atom is 0.240 e. The van der Waals surface area contributed by atoms with Crippen molar-refractivity contribution in [1.29, 1.82) is 0 Å². The summed E-state index contributed by atoms with van der Waals surface area (Å²) in [5.74, 6) is 0.0675. The Labute approximate surface area is 136 Å². The zero-order valence-electron chi connectivity index (χ0n) is 12.5. The summed E-state index contributed by atoms with van der Waals surface area (Å²) in [4.78, 5) is 25.7. The number of rotatable bonds is 5. The lowest BCUT2D eigenvalue weighted by Gasteiger charge is -2.15. The molecule has 0 bridgehead atoms. The molecule has 6 heteroatoms. The van der Waals surface area contributed by atoms with Crippen LogP contribution in [0.3, 0.4) is 0 Å². The first-order valence-electron chi connectivity index (χ1n) is 7.50. The standard InChI is InChI=1S/C16H21N3O2.ClH/c17-16(7-8-16)15(21)18-9-3-6-14(20)19-10-12-4-1-2-5-13(12)11-19;/h1-2,4-5H,3,6-11,17H2,(H,18,21);1H. The highest BCUT2D eigenvalue weighted by Crippen LogP contribution is 2.32. The lowest BCUT2D eigenvalue weighted by Crippen LogP contribution is -2.43. The van der Waals surface area contributed by atoms with Crippen molar-refractivity contribution >= 4 is 24.2 Å². The number of nitrogens with two attached hydrogens (primary N) is 1. The fourth-order valence-electron chi connectivity index (χ4n) is 2.65. The highest BCUT2D eigenvalue weighted by atomic mass is 35.5. The van der Waals surface area contributed by atoms with Crippen molar-refractivity contribution in [3.05, 3.63) is 35.4 Å². The maximum absolute atomic E-state index is 12.2. The van der Waals surface area contributed by atoms with Gasteiger partial charge in [0, 0.05) is 26.1 Å². The van der Waals surface area contributed by atoms with E-state index in [1.54, 1.807) is 0 Å². The van der Waals surface area contributed by atoms with E-state index < -0.39 is 5.54 Å². The third kappa shape index (κ3) is 3.59. The van der Waals surface area contributed by atoms with Crippen LogP contribution in [0.4, 0.5) is 0 Å². The van der Waals surface area contributed by atoms with Gasteiger partial charge in [-0.05, 0) is 30.4 Å². The number of carbonyl (C=O) groups is 2. The van der Waals surface area contributed by atoms with Crippen molar-refractivity contribution in [1.82, 2.24) is 10.2 Å². The molecule has 120 valence electrons. The van der Waals surface area contributed by atoms with Crippen LogP contribution in [0.2, 0.25) is 0 Å². The number of nitrogens with one attached hydrogen (secondary N) is 1. The van der Waals surface area contributed by atoms with Gasteiger partial charge in [0.1, 0.15) is 0 Å². The van der Waals surface area contributed by atoms with Gasteiger partial charge in [-0.2, -0.15) is 0 Å². The molecule has 0 spiro atoms. The minimum Gasteiger partial charge on any atom is -0.354 e. The van der Waals surface area contributed by atoms with Crippen LogP contribution in [0.25, 0.3) is 0 Å². The van der Waals surface area contributed by atoms with Crippen LogP contribution in [0.5, 0.6) is 0 Å². The molecule has 2 aliphatic rings. The highest BCUT2D eigenvalue weighted by Gasteiger charge is 2.45. The van der Waals surface area contributed by atoms with E-state index in [9.17, 15) is 9.59 Å². The zero-order chi connectivity index (χ0) is 14.9. The lowest BCUT2D eigenvalue weighted by molar-refractivity contribution is -0.132. The SMILES string of the molecule is Cl.NC1(C(=O)NCCCC(=O)N2Cc3ccccc3C2)CC1. The summed E-state index contributed by atoms with van der Waals surface area (Å²) >= 11 is 0. The predicted molar refractivity (Wildman–Crippen MR) is 86.3 cm³/mol. The van der Waals surface area contributed by atoms with Gasteiger partial charge < -0.3 is 16.0 Å². The largest absolute Gasteiger partial charge is 0.354 e. The molecule has 22 heavy (non-hydrogen) atoms. The molecular weight excluding hydrogens is 302 g/mol. The Kier molecular flexibility index (Phi) is 5.08. The normalized spacial score (nSPS) is 17.4. The lowest BCUT2D eigenvalue weighted by atomic mass is 10.1. The zero-order valence-corrected chi connectivity index (χ0v) is 13.3. The molecule has 3 rings (SSSR count). The van der Waals surface area contributed by atoms with E-state index in [-0.39, 0.29) is 24.2 Å². The van der Waals surface area contributed by atoms with Gasteiger partial charge >= 0.3 is 0 Å². The number of halogens is 1. The summed E-state index contributed by atoms with van der Waals surface area (Å²) in [5.41, 5.74) is 7.64. The molecule has 1 heterocycles. The third-order valence-electron chi connectivity index (χ3n) is 4.29. The van der Waals surface area contributed by atoms with Crippen LogP contribution in [-0.4, -0.2) is 28.8 Å². The summed E-state index contributed by atoms with van der Waals surface area (Å²) in [7, 11) is 0. The molecule has 1 saturated carbocycles. The Morgan fingerprint density at radius 2 is 1.77 bits per heavy atom. The van der Waals surface area contributed by atoms with Gasteiger partial charge in [0.25, 0.3) is 0 Å². The van der Waals surface area contributed by atoms with Crippen molar-refractivity contribution < 1.29 is 9.59 Å². The second kappa shape index (κ2) is 6.67. The van der Waals surface area contributed by atoms with Gasteiger partial charge in [0.05, 0.1) is 5.54 Å². The Bertz CT molecular complexity index is 547. The maximum atomic E-state index is 12.2. The molecular formula is C16H22ClN3O2. The summed E-state index contributed by atoms with van der Waals surface area (Å²) in [6.45, 7) is 1.92. The topological polar surface area (TPSA) is 75.4 Å². The summed E-state index contributed by atoms with van der Waals surface area (Å²) in [6.07, 6.45) is 2.66. The first kappa shape index (κ1) is 16.8. The van der Waals surface area contributed by atoms with Crippen molar-refractivity contribution in [3.8, 4) is 0 Å². The van der Waals surface area contributed by atoms with E-state index in [0.717, 1.165) is 12.8 Å². The van der Waals surface area contributed by atoms with Gasteiger partial charge in [-0.25, -0.2) is 0 Å². The van der Waals surface area contributed by atoms with Crippen molar-refractivity contribution in [3.63, 3.8) is 0 Å². The van der Waals surface area contributed by atoms with E-state index in [1.807, 2.05) is 17.0 Å². The predicted octanol–water partition coefficient (Wildman–Crippen LogP) is 1.34. The quantitative estimate of drug-likeness (QED) is 0.803. The average molecular weight is 324 g/mol. The van der Waals surface area contributed by atoms with Crippen LogP contribution < -0.4 is 11.1 Å². The number of carbonyl (C=O) groups excluding carboxylic acids is 2. The molecule has 1 aromatic rings. The average Bonchev–Trinajstić information content (AvgIpc) is 3.09. The van der Waals surface area contributed by atoms with E-state index in [0.29, 0.717) is 32.5 Å². The summed E-state index contributed by atoms with van der Waals surface area (Å²) in [5, 5.41) is 2.81. The molecule has 0 aromatic heterocycles. The molecule has 1 fully saturated rings. The molecule has 1 aliphatic carbocycles. The van der Waals surface area contributed by atoms with E-state index in [4.69, 9.17) is 5.73 Å². The Morgan fingerprint density at radius 1 is 1.18 bits per heavy atom. The van der Waals surface area contributed by atoms with Crippen LogP contribution >= 0.6 is 12.4 Å². The fourth-order valence-corrected chi connectivity index (χ4v) is 2.65. The Balaban J connectivity index is 0.00000176. The van der Waals surface area contributed by atoms with Gasteiger partial charge in [0.2, 0.25) is 11.8 Å². The number of hydrogen-bond donors (Lipinski definition) is 2. The fraction of sp³-hybridized carbons (Fsp3) is 0.500. The van der Waals surface area contributed by atoms with Gasteiger partial charge in [-0.3, -0.25) is 9.59 Å². The van der Waals surface area contributed by atoms with Crippen molar-refractivity contribution in [2.75, 3.05) is 6.54 Å². The summed E-state index contributed by atoms with van der Waals surface area (Å²) in [6, 6.07) is 8.14. The molecule has 1 aliphatic heterocycles. The summed E-state index contributed by atoms with van der Waals surface area (Å²) < 4.78 is 0. The molecule has 1 aromatic carbocycles. The van der Waals surface area contributed by atoms with Crippen LogP contribution in [-0.2, 0) is 22.7 Å². The number of fused-ring (bicyclic) bond motifs is 1. The second-order valence-corrected chi connectivity index (χ2v) is 6.03. The van der Waals surface area contributed by atoms with E-state index >= 15 is 0 Å². The second-order valence-electron chi connectivity index (χ2n) is 6.03. The number of nitrogens with zero attached hydrogens (tertiary/aromatic N) is 1. The van der Waals surface area contributed by atoms with Crippen LogP contribution in [0, 0.1) is 0 Å². The monoisotopic (exact) mass is 323 g/mol. The van der Waals surface area contributed by atoms with Crippen molar-refractivity contribution in [2.45, 2.75) is 44.3 Å². The first-order valence-corrected chi connectivity index (χ1v) is 7.50. The molecule has 0 saturated heterocycles. The van der Waals surface area contributed by atoms with E-state index in [2.05, 4.69) is 17.4 Å². The van der Waals surface area contributed by atoms with E-state index in [1.165, 1.54) is 11.1 Å². The van der Waals surface area contributed by atoms with Crippen LogP contribution in [0.15, 0.2) is 24.3 Å². The van der Waals surface area contributed by atoms with Gasteiger partial charge in [-0.15, -0.1) is 12.4 Å². The minimum absolute atomic E-state index is 0. The Morgan fingerprint density at radius 3 is 2.32 bits per heavy atom. The number of benzene rings is 1. The van der Waals surface area contributed by atoms with Crippen molar-refractivity contribution in [2.24, 2.45) is 5.73 Å². The highest BCUT2D eigenvalue weighted by molar-refractivity contribution is 5.89. The first-order chi connectivity index (χ1) is 10.1. The van der Waals surface area contributed by atoms with Gasteiger partial charge in [0.15, 0.2) is 0 Å². The molecule has 5 nitrogen and oxygen atoms in total. The minimum atomic E-state index is -0.624. The molecule has 0 atom stereocenters. The molecule has 2 amide bonds. The third-order valence-corrected chi connectivity index (χ3v) is 4.29. The Hall–Kier alpha value is -1.59. The smallest absolute Gasteiger partial charge is 0.240 e. The van der Waals surface area contributed by atoms with Crippen LogP contribution in [0.1, 0.15) is 36.8 Å². The number of amides is 2. The number of hydrogen-bond acceptors (Lipinski definition) is 3. The molecule has 0 radical (unpaired) electrons. The van der Waals surface area contributed by atoms with Gasteiger partial charge in [-0.1, -0.05) is 24.3 Å². The molecule has 0 unspecified atom stereocenters. The molecule has 3 N–H and O–H groups in total.